The van der Waals surface area contributed by atoms with Crippen LogP contribution < -0.4 is 0 Å². The highest BCUT2D eigenvalue weighted by Crippen LogP contribution is 2.41. The number of H-pyrrole nitrogens is 1. The van der Waals surface area contributed by atoms with Crippen molar-refractivity contribution >= 4 is 22.8 Å². The first-order valence-corrected chi connectivity index (χ1v) is 11.0. The van der Waals surface area contributed by atoms with E-state index in [2.05, 4.69) is 33.6 Å². The van der Waals surface area contributed by atoms with E-state index in [1.54, 1.807) is 6.33 Å². The van der Waals surface area contributed by atoms with Crippen LogP contribution in [0.5, 0.6) is 0 Å². The van der Waals surface area contributed by atoms with Gasteiger partial charge in [-0.05, 0) is 48.4 Å². The molecule has 30 heavy (non-hydrogen) atoms. The van der Waals surface area contributed by atoms with Gasteiger partial charge in [-0.15, -0.1) is 0 Å². The summed E-state index contributed by atoms with van der Waals surface area (Å²) in [5, 5.41) is 0. The third-order valence-corrected chi connectivity index (χ3v) is 6.81. The fourth-order valence-corrected chi connectivity index (χ4v) is 4.72. The van der Waals surface area contributed by atoms with Gasteiger partial charge in [-0.1, -0.05) is 12.6 Å². The summed E-state index contributed by atoms with van der Waals surface area (Å²) in [6.07, 6.45) is 6.93. The minimum Gasteiger partial charge on any atom is -0.345 e. The Morgan fingerprint density at radius 2 is 1.90 bits per heavy atom. The Bertz CT molecular complexity index is 965. The number of fused-ring (bicyclic) bond motifs is 1. The average Bonchev–Trinajstić information content (AvgIpc) is 3.48. The van der Waals surface area contributed by atoms with E-state index >= 15 is 0 Å². The molecule has 1 aromatic carbocycles. The SMILES string of the molecule is C=CC(=O)N1CC(N2CCN(C(=O)CCc3cc(C4CC4)cc4[nH]cnc34)CC2)C1. The van der Waals surface area contributed by atoms with Gasteiger partial charge in [0.15, 0.2) is 0 Å². The van der Waals surface area contributed by atoms with E-state index in [1.165, 1.54) is 30.0 Å². The Kier molecular flexibility index (Phi) is 5.06. The summed E-state index contributed by atoms with van der Waals surface area (Å²) in [7, 11) is 0. The number of aromatic nitrogens is 2. The predicted octanol–water partition coefficient (Wildman–Crippen LogP) is 1.91. The lowest BCUT2D eigenvalue weighted by atomic mass is 10.0. The molecule has 158 valence electrons. The second-order valence-electron chi connectivity index (χ2n) is 8.77. The zero-order valence-corrected chi connectivity index (χ0v) is 17.3. The molecule has 1 N–H and O–H groups in total. The minimum atomic E-state index is 0.0110. The van der Waals surface area contributed by atoms with Crippen molar-refractivity contribution in [3.63, 3.8) is 0 Å². The maximum absolute atomic E-state index is 12.8. The van der Waals surface area contributed by atoms with Gasteiger partial charge < -0.3 is 14.8 Å². The molecule has 0 spiro atoms. The van der Waals surface area contributed by atoms with Crippen molar-refractivity contribution in [1.82, 2.24) is 24.7 Å². The average molecular weight is 408 g/mol. The lowest BCUT2D eigenvalue weighted by Gasteiger charge is -2.47. The molecule has 2 saturated heterocycles. The summed E-state index contributed by atoms with van der Waals surface area (Å²) < 4.78 is 0. The third kappa shape index (κ3) is 3.74. The number of nitrogens with one attached hydrogen (secondary N) is 1. The molecule has 7 nitrogen and oxygen atoms in total. The summed E-state index contributed by atoms with van der Waals surface area (Å²) in [5.41, 5.74) is 4.65. The fourth-order valence-electron chi connectivity index (χ4n) is 4.72. The number of aryl methyl sites for hydroxylation is 1. The number of amides is 2. The van der Waals surface area contributed by atoms with Crippen molar-refractivity contribution in [2.75, 3.05) is 39.3 Å². The highest BCUT2D eigenvalue weighted by Gasteiger charge is 2.35. The number of imidazole rings is 1. The van der Waals surface area contributed by atoms with Gasteiger partial charge in [0.25, 0.3) is 0 Å². The van der Waals surface area contributed by atoms with Crippen LogP contribution in [0.1, 0.15) is 36.3 Å². The van der Waals surface area contributed by atoms with Crippen LogP contribution in [-0.4, -0.2) is 81.8 Å². The van der Waals surface area contributed by atoms with Crippen LogP contribution in [0.2, 0.25) is 0 Å². The molecule has 1 aliphatic carbocycles. The Balaban J connectivity index is 1.13. The van der Waals surface area contributed by atoms with Crippen molar-refractivity contribution in [2.24, 2.45) is 0 Å². The molecule has 0 radical (unpaired) electrons. The van der Waals surface area contributed by atoms with Crippen LogP contribution in [0.3, 0.4) is 0 Å². The number of aromatic amines is 1. The second-order valence-corrected chi connectivity index (χ2v) is 8.77. The zero-order chi connectivity index (χ0) is 20.7. The van der Waals surface area contributed by atoms with Gasteiger partial charge in [-0.25, -0.2) is 4.98 Å². The largest absolute Gasteiger partial charge is 0.345 e. The molecule has 0 bridgehead atoms. The van der Waals surface area contributed by atoms with Gasteiger partial charge in [0.05, 0.1) is 17.4 Å². The Morgan fingerprint density at radius 3 is 2.60 bits per heavy atom. The van der Waals surface area contributed by atoms with E-state index in [0.29, 0.717) is 18.4 Å². The van der Waals surface area contributed by atoms with Crippen LogP contribution in [0.4, 0.5) is 0 Å². The number of carbonyl (C=O) groups excluding carboxylic acids is 2. The van der Waals surface area contributed by atoms with Crippen molar-refractivity contribution in [3.8, 4) is 0 Å². The fraction of sp³-hybridized carbons (Fsp3) is 0.522. The van der Waals surface area contributed by atoms with E-state index in [0.717, 1.165) is 56.7 Å². The number of benzene rings is 1. The summed E-state index contributed by atoms with van der Waals surface area (Å²) in [6, 6.07) is 4.90. The van der Waals surface area contributed by atoms with Crippen molar-refractivity contribution < 1.29 is 9.59 Å². The second kappa shape index (κ2) is 7.87. The molecule has 7 heteroatoms. The highest BCUT2D eigenvalue weighted by atomic mass is 16.2. The Labute approximate surface area is 176 Å². The Hall–Kier alpha value is -2.67. The van der Waals surface area contributed by atoms with Crippen molar-refractivity contribution in [2.45, 2.75) is 37.6 Å². The monoisotopic (exact) mass is 407 g/mol. The molecule has 0 unspecified atom stereocenters. The number of nitrogens with zero attached hydrogens (tertiary/aromatic N) is 4. The highest BCUT2D eigenvalue weighted by molar-refractivity contribution is 5.87. The lowest BCUT2D eigenvalue weighted by Crippen LogP contribution is -2.64. The number of piperazine rings is 1. The summed E-state index contributed by atoms with van der Waals surface area (Å²) in [6.45, 7) is 8.39. The molecule has 3 aliphatic rings. The summed E-state index contributed by atoms with van der Waals surface area (Å²) >= 11 is 0. The third-order valence-electron chi connectivity index (χ3n) is 6.81. The molecular weight excluding hydrogens is 378 g/mol. The van der Waals surface area contributed by atoms with E-state index < -0.39 is 0 Å². The van der Waals surface area contributed by atoms with E-state index in [-0.39, 0.29) is 11.8 Å². The molecule has 2 amide bonds. The molecule has 1 saturated carbocycles. The standard InChI is InChI=1S/C23H29N5O2/c1-2-21(29)28-13-19(14-28)26-7-9-27(10-8-26)22(30)6-5-17-11-18(16-3-4-16)12-20-23(17)25-15-24-20/h2,11-12,15-16,19H,1,3-10,13-14H2,(H,24,25). The first-order valence-electron chi connectivity index (χ1n) is 11.0. The van der Waals surface area contributed by atoms with Crippen LogP contribution >= 0.6 is 0 Å². The van der Waals surface area contributed by atoms with Gasteiger partial charge in [0, 0.05) is 51.7 Å². The zero-order valence-electron chi connectivity index (χ0n) is 17.3. The molecule has 2 aliphatic heterocycles. The van der Waals surface area contributed by atoms with Gasteiger partial charge >= 0.3 is 0 Å². The maximum Gasteiger partial charge on any atom is 0.246 e. The van der Waals surface area contributed by atoms with E-state index in [9.17, 15) is 9.59 Å². The Morgan fingerprint density at radius 1 is 1.13 bits per heavy atom. The first-order chi connectivity index (χ1) is 14.6. The molecule has 3 fully saturated rings. The first kappa shape index (κ1) is 19.3. The van der Waals surface area contributed by atoms with Gasteiger partial charge in [-0.3, -0.25) is 14.5 Å². The number of hydrogen-bond acceptors (Lipinski definition) is 4. The van der Waals surface area contributed by atoms with Crippen LogP contribution in [0.25, 0.3) is 11.0 Å². The lowest BCUT2D eigenvalue weighted by molar-refractivity contribution is -0.136. The van der Waals surface area contributed by atoms with Gasteiger partial charge in [-0.2, -0.15) is 0 Å². The molecule has 1 aromatic heterocycles. The summed E-state index contributed by atoms with van der Waals surface area (Å²) in [4.78, 5) is 38.4. The van der Waals surface area contributed by atoms with Crippen LogP contribution in [-0.2, 0) is 16.0 Å². The number of hydrogen-bond donors (Lipinski definition) is 1. The van der Waals surface area contributed by atoms with Crippen LogP contribution in [0, 0.1) is 0 Å². The molecule has 0 atom stereocenters. The van der Waals surface area contributed by atoms with Crippen molar-refractivity contribution in [1.29, 1.82) is 0 Å². The number of carbonyl (C=O) groups is 2. The van der Waals surface area contributed by atoms with E-state index in [1.807, 2.05) is 9.80 Å². The number of likely N-dealkylation sites (tertiary alicyclic amines) is 1. The van der Waals surface area contributed by atoms with Crippen LogP contribution in [0.15, 0.2) is 31.1 Å². The smallest absolute Gasteiger partial charge is 0.246 e. The van der Waals surface area contributed by atoms with E-state index in [4.69, 9.17) is 0 Å². The molecule has 5 rings (SSSR count). The van der Waals surface area contributed by atoms with Gasteiger partial charge in [0.2, 0.25) is 11.8 Å². The topological polar surface area (TPSA) is 72.5 Å². The molecule has 2 aromatic rings. The van der Waals surface area contributed by atoms with Gasteiger partial charge in [0.1, 0.15) is 0 Å². The predicted molar refractivity (Wildman–Crippen MR) is 115 cm³/mol. The summed E-state index contributed by atoms with van der Waals surface area (Å²) in [5.74, 6) is 0.925. The minimum absolute atomic E-state index is 0.0110. The number of rotatable bonds is 6. The molecule has 3 heterocycles. The quantitative estimate of drug-likeness (QED) is 0.743. The maximum atomic E-state index is 12.8. The normalized spacial score (nSPS) is 20.4. The van der Waals surface area contributed by atoms with Crippen molar-refractivity contribution in [3.05, 3.63) is 42.2 Å². The molecular formula is C23H29N5O2.